The first kappa shape index (κ1) is 26.3. The summed E-state index contributed by atoms with van der Waals surface area (Å²) >= 11 is 6.33. The summed E-state index contributed by atoms with van der Waals surface area (Å²) < 4.78 is 23.5. The van der Waals surface area contributed by atoms with E-state index in [9.17, 15) is 9.90 Å². The van der Waals surface area contributed by atoms with E-state index in [0.717, 1.165) is 68.3 Å². The number of hydrogen-bond acceptors (Lipinski definition) is 8. The topological polar surface area (TPSA) is 84.6 Å². The minimum absolute atomic E-state index is 0.142. The molecule has 2 aliphatic heterocycles. The maximum Gasteiger partial charge on any atom is 0.197 e. The van der Waals surface area contributed by atoms with Crippen molar-refractivity contribution in [3.8, 4) is 34.3 Å². The molecule has 3 aromatic carbocycles. The van der Waals surface area contributed by atoms with Crippen LogP contribution in [0.3, 0.4) is 0 Å². The highest BCUT2D eigenvalue weighted by molar-refractivity contribution is 6.31. The van der Waals surface area contributed by atoms with Gasteiger partial charge in [-0.3, -0.25) is 9.69 Å². The molecule has 1 saturated heterocycles. The Balaban J connectivity index is 1.00. The average molecular weight is 563 g/mol. The van der Waals surface area contributed by atoms with Crippen molar-refractivity contribution in [3.05, 3.63) is 75.9 Å². The molecule has 4 aromatic rings. The largest absolute Gasteiger partial charge is 0.507 e. The van der Waals surface area contributed by atoms with Gasteiger partial charge < -0.3 is 28.6 Å². The molecular formula is C31H31ClN2O6. The molecule has 0 saturated carbocycles. The predicted octanol–water partition coefficient (Wildman–Crippen LogP) is 5.57. The van der Waals surface area contributed by atoms with Crippen LogP contribution in [0.15, 0.2) is 69.9 Å². The van der Waals surface area contributed by atoms with Gasteiger partial charge in [-0.25, -0.2) is 0 Å². The van der Waals surface area contributed by atoms with Crippen LogP contribution in [0, 0.1) is 0 Å². The van der Waals surface area contributed by atoms with Crippen LogP contribution in [0.5, 0.6) is 23.0 Å². The zero-order chi connectivity index (χ0) is 27.5. The summed E-state index contributed by atoms with van der Waals surface area (Å²) in [6, 6.07) is 17.7. The normalized spacial score (nSPS) is 15.4. The molecule has 3 heterocycles. The van der Waals surface area contributed by atoms with Crippen LogP contribution in [0.2, 0.25) is 5.02 Å². The Hall–Kier alpha value is -3.88. The summed E-state index contributed by atoms with van der Waals surface area (Å²) in [6.07, 6.45) is 1.84. The van der Waals surface area contributed by atoms with E-state index in [0.29, 0.717) is 41.9 Å². The fourth-order valence-electron chi connectivity index (χ4n) is 5.25. The Morgan fingerprint density at radius 1 is 0.925 bits per heavy atom. The first-order valence-electron chi connectivity index (χ1n) is 13.6. The van der Waals surface area contributed by atoms with E-state index in [1.54, 1.807) is 6.07 Å². The molecule has 0 unspecified atom stereocenters. The van der Waals surface area contributed by atoms with E-state index >= 15 is 0 Å². The van der Waals surface area contributed by atoms with Gasteiger partial charge in [0.05, 0.1) is 12.3 Å². The highest BCUT2D eigenvalue weighted by Gasteiger charge is 2.24. The number of hydrogen-bond donors (Lipinski definition) is 1. The molecule has 2 aliphatic rings. The standard InChI is InChI=1S/C31H31ClN2O6/c32-22-16-24(31-29(17-22)38-14-15-39-31)34-11-9-33(10-12-34)8-4-5-13-37-23-18-25(35)30-26(36)20-27(40-28(30)19-23)21-6-2-1-3-7-21/h1-3,6-7,16-20,35H,4-5,8-15H2. The second-order valence-corrected chi connectivity index (χ2v) is 10.4. The number of rotatable bonds is 8. The molecule has 1 fully saturated rings. The lowest BCUT2D eigenvalue weighted by atomic mass is 10.1. The minimum atomic E-state index is -0.291. The quantitative estimate of drug-likeness (QED) is 0.279. The molecule has 0 atom stereocenters. The van der Waals surface area contributed by atoms with Gasteiger partial charge in [-0.15, -0.1) is 0 Å². The van der Waals surface area contributed by atoms with E-state index < -0.39 is 0 Å². The molecule has 6 rings (SSSR count). The first-order chi connectivity index (χ1) is 19.5. The van der Waals surface area contributed by atoms with E-state index in [4.69, 9.17) is 30.2 Å². The van der Waals surface area contributed by atoms with Crippen molar-refractivity contribution >= 4 is 28.3 Å². The van der Waals surface area contributed by atoms with Gasteiger partial charge >= 0.3 is 0 Å². The summed E-state index contributed by atoms with van der Waals surface area (Å²) in [4.78, 5) is 17.4. The van der Waals surface area contributed by atoms with Crippen LogP contribution >= 0.6 is 11.6 Å². The maximum atomic E-state index is 12.6. The molecule has 1 aromatic heterocycles. The number of nitrogens with zero attached hydrogens (tertiary/aromatic N) is 2. The number of benzene rings is 3. The van der Waals surface area contributed by atoms with E-state index in [1.807, 2.05) is 42.5 Å². The van der Waals surface area contributed by atoms with Gasteiger partial charge in [0.15, 0.2) is 16.9 Å². The van der Waals surface area contributed by atoms with Crippen molar-refractivity contribution in [2.45, 2.75) is 12.8 Å². The summed E-state index contributed by atoms with van der Waals surface area (Å²) in [5.41, 5.74) is 1.81. The number of phenols is 1. The van der Waals surface area contributed by atoms with Crippen molar-refractivity contribution in [2.24, 2.45) is 0 Å². The SMILES string of the molecule is O=c1cc(-c2ccccc2)oc2cc(OCCCCN3CCN(c4cc(Cl)cc5c4OCCO5)CC3)cc(O)c12. The lowest BCUT2D eigenvalue weighted by Crippen LogP contribution is -2.46. The Kier molecular flexibility index (Phi) is 7.71. The molecule has 0 amide bonds. The number of anilines is 1. The zero-order valence-corrected chi connectivity index (χ0v) is 22.9. The summed E-state index contributed by atoms with van der Waals surface area (Å²) in [5.74, 6) is 2.29. The van der Waals surface area contributed by atoms with Crippen LogP contribution in [-0.4, -0.2) is 62.6 Å². The van der Waals surface area contributed by atoms with Crippen molar-refractivity contribution < 1.29 is 23.7 Å². The molecule has 0 spiro atoms. The Bertz CT molecular complexity index is 1550. The Labute approximate surface area is 237 Å². The number of aromatic hydroxyl groups is 1. The van der Waals surface area contributed by atoms with Gasteiger partial charge in [0, 0.05) is 61.0 Å². The van der Waals surface area contributed by atoms with Crippen LogP contribution in [-0.2, 0) is 0 Å². The third-order valence-electron chi connectivity index (χ3n) is 7.28. The third-order valence-corrected chi connectivity index (χ3v) is 7.50. The van der Waals surface area contributed by atoms with Crippen LogP contribution in [0.1, 0.15) is 12.8 Å². The Morgan fingerprint density at radius 2 is 1.73 bits per heavy atom. The molecule has 8 nitrogen and oxygen atoms in total. The maximum absolute atomic E-state index is 12.6. The van der Waals surface area contributed by atoms with Gasteiger partial charge in [-0.1, -0.05) is 41.9 Å². The zero-order valence-electron chi connectivity index (χ0n) is 22.1. The first-order valence-corrected chi connectivity index (χ1v) is 14.0. The molecular weight excluding hydrogens is 532 g/mol. The number of phenolic OH excluding ortho intramolecular Hbond substituents is 1. The highest BCUT2D eigenvalue weighted by Crippen LogP contribution is 2.42. The molecule has 208 valence electrons. The van der Waals surface area contributed by atoms with E-state index in [-0.39, 0.29) is 16.6 Å². The number of halogens is 1. The number of piperazine rings is 1. The monoisotopic (exact) mass is 562 g/mol. The van der Waals surface area contributed by atoms with Gasteiger partial charge in [0.1, 0.15) is 41.4 Å². The molecule has 9 heteroatoms. The van der Waals surface area contributed by atoms with Crippen molar-refractivity contribution in [3.63, 3.8) is 0 Å². The second kappa shape index (κ2) is 11.7. The number of ether oxygens (including phenoxy) is 3. The van der Waals surface area contributed by atoms with Crippen LogP contribution < -0.4 is 24.5 Å². The minimum Gasteiger partial charge on any atom is -0.507 e. The van der Waals surface area contributed by atoms with Gasteiger partial charge in [-0.2, -0.15) is 0 Å². The second-order valence-electron chi connectivity index (χ2n) is 9.99. The summed E-state index contributed by atoms with van der Waals surface area (Å²) in [5, 5.41) is 11.3. The van der Waals surface area contributed by atoms with Crippen LogP contribution in [0.4, 0.5) is 5.69 Å². The lowest BCUT2D eigenvalue weighted by Gasteiger charge is -2.37. The molecule has 0 radical (unpaired) electrons. The summed E-state index contributed by atoms with van der Waals surface area (Å²) in [7, 11) is 0. The van der Waals surface area contributed by atoms with Crippen LogP contribution in [0.25, 0.3) is 22.3 Å². The third kappa shape index (κ3) is 5.69. The average Bonchev–Trinajstić information content (AvgIpc) is 2.97. The molecule has 1 N–H and O–H groups in total. The fraction of sp³-hybridized carbons (Fsp3) is 0.323. The molecule has 0 bridgehead atoms. The van der Waals surface area contributed by atoms with Crippen molar-refractivity contribution in [2.75, 3.05) is 57.4 Å². The van der Waals surface area contributed by atoms with Gasteiger partial charge in [0.2, 0.25) is 0 Å². The predicted molar refractivity (Wildman–Crippen MR) is 155 cm³/mol. The molecule has 0 aliphatic carbocycles. The summed E-state index contributed by atoms with van der Waals surface area (Å²) in [6.45, 7) is 6.23. The number of unbranched alkanes of at least 4 members (excludes halogenated alkanes) is 1. The fourth-order valence-corrected chi connectivity index (χ4v) is 5.45. The highest BCUT2D eigenvalue weighted by atomic mass is 35.5. The van der Waals surface area contributed by atoms with E-state index in [1.165, 1.54) is 12.1 Å². The smallest absolute Gasteiger partial charge is 0.197 e. The Morgan fingerprint density at radius 3 is 2.55 bits per heavy atom. The lowest BCUT2D eigenvalue weighted by molar-refractivity contribution is 0.171. The van der Waals surface area contributed by atoms with Gasteiger partial charge in [0.25, 0.3) is 0 Å². The van der Waals surface area contributed by atoms with E-state index in [2.05, 4.69) is 9.80 Å². The molecule has 40 heavy (non-hydrogen) atoms. The number of fused-ring (bicyclic) bond motifs is 2. The van der Waals surface area contributed by atoms with Crippen molar-refractivity contribution in [1.82, 2.24) is 4.90 Å². The van der Waals surface area contributed by atoms with Gasteiger partial charge in [-0.05, 0) is 25.5 Å². The van der Waals surface area contributed by atoms with Crippen molar-refractivity contribution in [1.29, 1.82) is 0 Å².